The third kappa shape index (κ3) is 2.11. The fourth-order valence-electron chi connectivity index (χ4n) is 2.23. The Hall–Kier alpha value is -1.45. The van der Waals surface area contributed by atoms with Gasteiger partial charge in [-0.15, -0.1) is 0 Å². The summed E-state index contributed by atoms with van der Waals surface area (Å²) in [4.78, 5) is 0. The molecule has 4 heteroatoms. The lowest BCUT2D eigenvalue weighted by Crippen LogP contribution is -2.13. The molecule has 0 radical (unpaired) electrons. The van der Waals surface area contributed by atoms with Gasteiger partial charge < -0.3 is 14.9 Å². The van der Waals surface area contributed by atoms with Crippen LogP contribution in [0.3, 0.4) is 0 Å². The van der Waals surface area contributed by atoms with E-state index in [1.54, 1.807) is 6.07 Å². The van der Waals surface area contributed by atoms with Crippen LogP contribution in [0.25, 0.3) is 0 Å². The lowest BCUT2D eigenvalue weighted by molar-refractivity contribution is 0.288. The Morgan fingerprint density at radius 3 is 2.89 bits per heavy atom. The van der Waals surface area contributed by atoms with Gasteiger partial charge in [0.15, 0.2) is 5.22 Å². The molecule has 0 fully saturated rings. The predicted molar refractivity (Wildman–Crippen MR) is 70.0 cm³/mol. The third-order valence-electron chi connectivity index (χ3n) is 3.19. The Balaban J connectivity index is 1.92. The first kappa shape index (κ1) is 11.6. The SMILES string of the molecule is NC(c1ccc2c(c1)CCCO2)c1ccc(Cl)o1. The summed E-state index contributed by atoms with van der Waals surface area (Å²) < 4.78 is 10.9. The molecule has 0 saturated carbocycles. The number of hydrogen-bond acceptors (Lipinski definition) is 3. The molecule has 94 valence electrons. The highest BCUT2D eigenvalue weighted by atomic mass is 35.5. The van der Waals surface area contributed by atoms with Gasteiger partial charge in [0, 0.05) is 0 Å². The second kappa shape index (κ2) is 4.67. The zero-order valence-corrected chi connectivity index (χ0v) is 10.6. The van der Waals surface area contributed by atoms with Crippen molar-refractivity contribution in [2.45, 2.75) is 18.9 Å². The Bertz CT molecular complexity index is 565. The molecule has 2 aromatic rings. The van der Waals surface area contributed by atoms with E-state index in [1.807, 2.05) is 18.2 Å². The smallest absolute Gasteiger partial charge is 0.193 e. The quantitative estimate of drug-likeness (QED) is 0.904. The van der Waals surface area contributed by atoms with Gasteiger partial charge in [-0.25, -0.2) is 0 Å². The minimum Gasteiger partial charge on any atom is -0.493 e. The Morgan fingerprint density at radius 2 is 2.11 bits per heavy atom. The van der Waals surface area contributed by atoms with Crippen molar-refractivity contribution in [1.82, 2.24) is 0 Å². The van der Waals surface area contributed by atoms with Crippen LogP contribution in [0.15, 0.2) is 34.7 Å². The van der Waals surface area contributed by atoms with E-state index in [1.165, 1.54) is 5.56 Å². The van der Waals surface area contributed by atoms with Crippen LogP contribution in [0.5, 0.6) is 5.75 Å². The molecule has 1 aromatic heterocycles. The number of ether oxygens (including phenoxy) is 1. The molecular formula is C14H14ClNO2. The summed E-state index contributed by atoms with van der Waals surface area (Å²) in [5.74, 6) is 1.64. The molecule has 0 saturated heterocycles. The summed E-state index contributed by atoms with van der Waals surface area (Å²) in [6.45, 7) is 0.798. The van der Waals surface area contributed by atoms with Crippen molar-refractivity contribution in [2.24, 2.45) is 5.73 Å². The van der Waals surface area contributed by atoms with Gasteiger partial charge in [0.2, 0.25) is 0 Å². The highest BCUT2D eigenvalue weighted by molar-refractivity contribution is 6.28. The number of rotatable bonds is 2. The summed E-state index contributed by atoms with van der Waals surface area (Å²) in [7, 11) is 0. The number of fused-ring (bicyclic) bond motifs is 1. The molecule has 3 rings (SSSR count). The van der Waals surface area contributed by atoms with Crippen LogP contribution in [0, 0.1) is 0 Å². The van der Waals surface area contributed by atoms with E-state index in [0.717, 1.165) is 30.8 Å². The molecule has 2 N–H and O–H groups in total. The molecule has 0 bridgehead atoms. The van der Waals surface area contributed by atoms with Crippen molar-refractivity contribution < 1.29 is 9.15 Å². The van der Waals surface area contributed by atoms with E-state index < -0.39 is 0 Å². The van der Waals surface area contributed by atoms with Crippen LogP contribution in [0.4, 0.5) is 0 Å². The normalized spacial score (nSPS) is 15.9. The maximum absolute atomic E-state index is 6.17. The molecule has 2 heterocycles. The molecule has 1 aliphatic heterocycles. The van der Waals surface area contributed by atoms with E-state index in [0.29, 0.717) is 11.0 Å². The van der Waals surface area contributed by atoms with E-state index in [-0.39, 0.29) is 6.04 Å². The second-order valence-electron chi connectivity index (χ2n) is 4.44. The molecule has 3 nitrogen and oxygen atoms in total. The largest absolute Gasteiger partial charge is 0.493 e. The van der Waals surface area contributed by atoms with Gasteiger partial charge in [-0.3, -0.25) is 0 Å². The summed E-state index contributed by atoms with van der Waals surface area (Å²) in [5, 5.41) is 0.363. The van der Waals surface area contributed by atoms with Gasteiger partial charge in [0.05, 0.1) is 12.6 Å². The summed E-state index contributed by atoms with van der Waals surface area (Å²) in [6, 6.07) is 9.28. The highest BCUT2D eigenvalue weighted by Gasteiger charge is 2.16. The Kier molecular flexibility index (Phi) is 3.02. The van der Waals surface area contributed by atoms with E-state index in [4.69, 9.17) is 26.5 Å². The van der Waals surface area contributed by atoms with Crippen LogP contribution in [0.2, 0.25) is 5.22 Å². The molecular weight excluding hydrogens is 250 g/mol. The topological polar surface area (TPSA) is 48.4 Å². The first-order valence-corrected chi connectivity index (χ1v) is 6.38. The summed E-state index contributed by atoms with van der Waals surface area (Å²) in [6.07, 6.45) is 2.09. The van der Waals surface area contributed by atoms with Crippen LogP contribution < -0.4 is 10.5 Å². The minimum atomic E-state index is -0.287. The second-order valence-corrected chi connectivity index (χ2v) is 4.81. The van der Waals surface area contributed by atoms with Crippen molar-refractivity contribution in [2.75, 3.05) is 6.61 Å². The van der Waals surface area contributed by atoms with Crippen molar-refractivity contribution in [1.29, 1.82) is 0 Å². The fraction of sp³-hybridized carbons (Fsp3) is 0.286. The number of halogens is 1. The van der Waals surface area contributed by atoms with E-state index in [2.05, 4.69) is 6.07 Å². The van der Waals surface area contributed by atoms with Gasteiger partial charge >= 0.3 is 0 Å². The zero-order valence-electron chi connectivity index (χ0n) is 9.86. The first-order valence-electron chi connectivity index (χ1n) is 6.00. The molecule has 18 heavy (non-hydrogen) atoms. The maximum atomic E-state index is 6.17. The van der Waals surface area contributed by atoms with Crippen molar-refractivity contribution in [3.05, 3.63) is 52.4 Å². The summed E-state index contributed by atoms with van der Waals surface area (Å²) in [5.41, 5.74) is 8.40. The van der Waals surface area contributed by atoms with Gasteiger partial charge in [0.1, 0.15) is 11.5 Å². The monoisotopic (exact) mass is 263 g/mol. The van der Waals surface area contributed by atoms with Crippen LogP contribution in [-0.4, -0.2) is 6.61 Å². The standard InChI is InChI=1S/C14H14ClNO2/c15-13-6-5-12(18-13)14(16)10-3-4-11-9(8-10)2-1-7-17-11/h3-6,8,14H,1-2,7,16H2. The average Bonchev–Trinajstić information content (AvgIpc) is 2.84. The predicted octanol–water partition coefficient (Wildman–Crippen LogP) is 3.31. The third-order valence-corrected chi connectivity index (χ3v) is 3.40. The lowest BCUT2D eigenvalue weighted by atomic mass is 9.98. The number of benzene rings is 1. The molecule has 0 spiro atoms. The number of nitrogens with two attached hydrogens (primary N) is 1. The van der Waals surface area contributed by atoms with Crippen LogP contribution >= 0.6 is 11.6 Å². The van der Waals surface area contributed by atoms with Crippen molar-refractivity contribution in [3.63, 3.8) is 0 Å². The van der Waals surface area contributed by atoms with Gasteiger partial charge in [-0.1, -0.05) is 12.1 Å². The highest BCUT2D eigenvalue weighted by Crippen LogP contribution is 2.30. The van der Waals surface area contributed by atoms with Crippen molar-refractivity contribution >= 4 is 11.6 Å². The molecule has 1 aromatic carbocycles. The van der Waals surface area contributed by atoms with Crippen LogP contribution in [-0.2, 0) is 6.42 Å². The van der Waals surface area contributed by atoms with Crippen LogP contribution in [0.1, 0.15) is 29.3 Å². The molecule has 0 amide bonds. The average molecular weight is 264 g/mol. The van der Waals surface area contributed by atoms with Crippen molar-refractivity contribution in [3.8, 4) is 5.75 Å². The Labute approximate surface area is 110 Å². The Morgan fingerprint density at radius 1 is 1.22 bits per heavy atom. The van der Waals surface area contributed by atoms with Gasteiger partial charge in [-0.05, 0) is 53.8 Å². The fourth-order valence-corrected chi connectivity index (χ4v) is 2.39. The van der Waals surface area contributed by atoms with Gasteiger partial charge in [-0.2, -0.15) is 0 Å². The molecule has 1 unspecified atom stereocenters. The number of hydrogen-bond donors (Lipinski definition) is 1. The first-order chi connectivity index (χ1) is 8.74. The number of furan rings is 1. The molecule has 1 aliphatic rings. The zero-order chi connectivity index (χ0) is 12.5. The van der Waals surface area contributed by atoms with E-state index >= 15 is 0 Å². The maximum Gasteiger partial charge on any atom is 0.193 e. The molecule has 0 aliphatic carbocycles. The van der Waals surface area contributed by atoms with Gasteiger partial charge in [0.25, 0.3) is 0 Å². The molecule has 1 atom stereocenters. The summed E-state index contributed by atoms with van der Waals surface area (Å²) >= 11 is 5.77. The minimum absolute atomic E-state index is 0.287. The number of aryl methyl sites for hydroxylation is 1. The van der Waals surface area contributed by atoms with E-state index in [9.17, 15) is 0 Å². The lowest BCUT2D eigenvalue weighted by Gasteiger charge is -2.19.